The number of piperazine rings is 1. The Bertz CT molecular complexity index is 1480. The summed E-state index contributed by atoms with van der Waals surface area (Å²) >= 11 is 9.08. The number of anilines is 3. The first-order valence-corrected chi connectivity index (χ1v) is 15.1. The summed E-state index contributed by atoms with van der Waals surface area (Å²) in [5.74, 6) is 0.454. The predicted octanol–water partition coefficient (Wildman–Crippen LogP) is 5.12. The summed E-state index contributed by atoms with van der Waals surface area (Å²) in [6, 6.07) is 8.13. The number of alkyl halides is 3. The second-order valence-corrected chi connectivity index (χ2v) is 12.8. The van der Waals surface area contributed by atoms with Gasteiger partial charge in [-0.05, 0) is 30.7 Å². The van der Waals surface area contributed by atoms with Crippen LogP contribution in [0.5, 0.6) is 0 Å². The Labute approximate surface area is 241 Å². The maximum absolute atomic E-state index is 14.0. The van der Waals surface area contributed by atoms with Gasteiger partial charge in [0.25, 0.3) is 5.91 Å². The van der Waals surface area contributed by atoms with Crippen molar-refractivity contribution >= 4 is 57.9 Å². The SMILES string of the molecule is O=C1c2sc(-c3nc(Nc4ccc(N5CC6CC5CN6)cc4Cl)ncc3C(F)(F)F)cc2SCCN1C1COC1. The van der Waals surface area contributed by atoms with Gasteiger partial charge in [0.1, 0.15) is 10.4 Å². The van der Waals surface area contributed by atoms with Crippen molar-refractivity contribution in [1.29, 1.82) is 0 Å². The molecule has 8 nitrogen and oxygen atoms in total. The van der Waals surface area contributed by atoms with Crippen LogP contribution in [-0.2, 0) is 10.9 Å². The topological polar surface area (TPSA) is 82.6 Å². The molecule has 1 amide bonds. The molecule has 6 heterocycles. The number of halogens is 4. The van der Waals surface area contributed by atoms with Crippen LogP contribution < -0.4 is 15.5 Å². The lowest BCUT2D eigenvalue weighted by molar-refractivity contribution is -0.137. The molecule has 2 bridgehead atoms. The van der Waals surface area contributed by atoms with Gasteiger partial charge in [-0.2, -0.15) is 13.2 Å². The van der Waals surface area contributed by atoms with Crippen LogP contribution in [0.3, 0.4) is 0 Å². The summed E-state index contributed by atoms with van der Waals surface area (Å²) in [7, 11) is 0. The lowest BCUT2D eigenvalue weighted by Gasteiger charge is -2.36. The average Bonchev–Trinajstić information content (AvgIpc) is 3.61. The molecule has 0 aliphatic carbocycles. The minimum absolute atomic E-state index is 0.00129. The molecule has 2 unspecified atom stereocenters. The standard InChI is InChI=1S/C26H24ClF3N6O2S2/c27-18-6-14(36-10-13-5-15(36)8-31-13)1-2-19(18)33-25-32-9-17(26(28,29)30)22(34-25)20-7-21-23(40-20)24(37)35(3-4-39-21)16-11-38-12-16/h1-2,6-7,9,13,15-16,31H,3-5,8,10-12H2,(H,32,33,34). The van der Waals surface area contributed by atoms with E-state index in [1.165, 1.54) is 11.8 Å². The minimum atomic E-state index is -4.68. The van der Waals surface area contributed by atoms with Gasteiger partial charge in [-0.3, -0.25) is 4.79 Å². The number of carbonyl (C=O) groups is 1. The zero-order valence-corrected chi connectivity index (χ0v) is 23.4. The van der Waals surface area contributed by atoms with E-state index in [9.17, 15) is 18.0 Å². The van der Waals surface area contributed by atoms with Crippen LogP contribution in [0.2, 0.25) is 5.02 Å². The van der Waals surface area contributed by atoms with E-state index in [1.54, 1.807) is 17.0 Å². The molecule has 2 aromatic heterocycles. The highest BCUT2D eigenvalue weighted by molar-refractivity contribution is 7.99. The van der Waals surface area contributed by atoms with E-state index in [0.717, 1.165) is 42.7 Å². The van der Waals surface area contributed by atoms with E-state index in [4.69, 9.17) is 16.3 Å². The molecule has 3 fully saturated rings. The molecular formula is C26H24ClF3N6O2S2. The molecular weight excluding hydrogens is 585 g/mol. The highest BCUT2D eigenvalue weighted by Crippen LogP contribution is 2.44. The van der Waals surface area contributed by atoms with Crippen LogP contribution in [0.1, 0.15) is 21.7 Å². The normalized spacial score (nSPS) is 22.9. The average molecular weight is 609 g/mol. The fourth-order valence-electron chi connectivity index (χ4n) is 5.60. The van der Waals surface area contributed by atoms with Gasteiger partial charge in [0, 0.05) is 54.3 Å². The number of ether oxygens (including phenoxy) is 1. The third kappa shape index (κ3) is 4.71. The van der Waals surface area contributed by atoms with Crippen LogP contribution in [0.4, 0.5) is 30.5 Å². The fourth-order valence-corrected chi connectivity index (χ4v) is 8.14. The molecule has 3 saturated heterocycles. The first kappa shape index (κ1) is 26.3. The molecule has 4 aliphatic heterocycles. The quantitative estimate of drug-likeness (QED) is 0.413. The first-order valence-electron chi connectivity index (χ1n) is 12.9. The number of carbonyl (C=O) groups excluding carboxylic acids is 1. The molecule has 2 N–H and O–H groups in total. The number of thiophene rings is 1. The molecule has 4 aliphatic rings. The number of thioether (sulfide) groups is 1. The number of nitrogens with one attached hydrogen (secondary N) is 2. The maximum atomic E-state index is 14.0. The molecule has 14 heteroatoms. The van der Waals surface area contributed by atoms with Gasteiger partial charge in [-0.1, -0.05) is 11.6 Å². The molecule has 0 spiro atoms. The van der Waals surface area contributed by atoms with Gasteiger partial charge in [0.05, 0.1) is 40.5 Å². The van der Waals surface area contributed by atoms with Crippen LogP contribution in [0, 0.1) is 0 Å². The zero-order valence-electron chi connectivity index (χ0n) is 21.0. The van der Waals surface area contributed by atoms with E-state index in [-0.39, 0.29) is 28.5 Å². The Morgan fingerprint density at radius 3 is 2.70 bits per heavy atom. The second-order valence-electron chi connectivity index (χ2n) is 10.2. The summed E-state index contributed by atoms with van der Waals surface area (Å²) < 4.78 is 47.4. The smallest absolute Gasteiger partial charge is 0.377 e. The van der Waals surface area contributed by atoms with Crippen molar-refractivity contribution in [3.05, 3.63) is 45.9 Å². The number of hydrogen-bond donors (Lipinski definition) is 2. The van der Waals surface area contributed by atoms with Crippen molar-refractivity contribution in [3.8, 4) is 10.6 Å². The highest BCUT2D eigenvalue weighted by atomic mass is 35.5. The summed E-state index contributed by atoms with van der Waals surface area (Å²) in [6.45, 7) is 3.37. The van der Waals surface area contributed by atoms with E-state index < -0.39 is 11.7 Å². The van der Waals surface area contributed by atoms with E-state index in [2.05, 4.69) is 25.5 Å². The number of fused-ring (bicyclic) bond motifs is 3. The van der Waals surface area contributed by atoms with Crippen LogP contribution in [0.25, 0.3) is 10.6 Å². The number of aromatic nitrogens is 2. The molecule has 7 rings (SSSR count). The van der Waals surface area contributed by atoms with E-state index >= 15 is 0 Å². The molecule has 210 valence electrons. The summed E-state index contributed by atoms with van der Waals surface area (Å²) in [4.78, 5) is 27.0. The fraction of sp³-hybridized carbons (Fsp3) is 0.423. The predicted molar refractivity (Wildman–Crippen MR) is 149 cm³/mol. The third-order valence-electron chi connectivity index (χ3n) is 7.72. The summed E-state index contributed by atoms with van der Waals surface area (Å²) in [5, 5.41) is 6.88. The third-order valence-corrected chi connectivity index (χ3v) is 10.3. The number of hydrogen-bond acceptors (Lipinski definition) is 9. The van der Waals surface area contributed by atoms with E-state index in [1.807, 2.05) is 12.1 Å². The molecule has 40 heavy (non-hydrogen) atoms. The van der Waals surface area contributed by atoms with Gasteiger partial charge >= 0.3 is 6.18 Å². The van der Waals surface area contributed by atoms with Gasteiger partial charge < -0.3 is 25.2 Å². The Hall–Kier alpha value is -2.58. The lowest BCUT2D eigenvalue weighted by atomic mass is 10.2. The largest absolute Gasteiger partial charge is 0.420 e. The number of benzene rings is 1. The maximum Gasteiger partial charge on any atom is 0.420 e. The van der Waals surface area contributed by atoms with Crippen molar-refractivity contribution < 1.29 is 22.7 Å². The number of rotatable bonds is 5. The summed E-state index contributed by atoms with van der Waals surface area (Å²) in [5.41, 5.74) is 0.256. The van der Waals surface area contributed by atoms with Crippen molar-refractivity contribution in [3.63, 3.8) is 0 Å². The Morgan fingerprint density at radius 1 is 1.18 bits per heavy atom. The number of nitrogens with zero attached hydrogens (tertiary/aromatic N) is 4. The Kier molecular flexibility index (Phi) is 6.62. The zero-order chi connectivity index (χ0) is 27.6. The minimum Gasteiger partial charge on any atom is -0.377 e. The van der Waals surface area contributed by atoms with E-state index in [0.29, 0.717) is 58.1 Å². The first-order chi connectivity index (χ1) is 19.2. The van der Waals surface area contributed by atoms with Crippen molar-refractivity contribution in [2.45, 2.75) is 35.6 Å². The Balaban J connectivity index is 1.19. The van der Waals surface area contributed by atoms with Crippen molar-refractivity contribution in [1.82, 2.24) is 20.2 Å². The van der Waals surface area contributed by atoms with Crippen molar-refractivity contribution in [2.24, 2.45) is 0 Å². The van der Waals surface area contributed by atoms with Crippen molar-refractivity contribution in [2.75, 3.05) is 48.8 Å². The highest BCUT2D eigenvalue weighted by Gasteiger charge is 2.39. The lowest BCUT2D eigenvalue weighted by Crippen LogP contribution is -2.52. The van der Waals surface area contributed by atoms with Gasteiger partial charge in [0.15, 0.2) is 0 Å². The molecule has 1 aromatic carbocycles. The molecule has 2 atom stereocenters. The second kappa shape index (κ2) is 10.1. The van der Waals surface area contributed by atoms with Crippen LogP contribution >= 0.6 is 34.7 Å². The molecule has 0 saturated carbocycles. The van der Waals surface area contributed by atoms with Crippen LogP contribution in [0.15, 0.2) is 35.4 Å². The Morgan fingerprint density at radius 2 is 2.02 bits per heavy atom. The summed E-state index contributed by atoms with van der Waals surface area (Å²) in [6.07, 6.45) is -2.80. The van der Waals surface area contributed by atoms with Gasteiger partial charge in [0.2, 0.25) is 5.95 Å². The molecule has 3 aromatic rings. The monoisotopic (exact) mass is 608 g/mol. The van der Waals surface area contributed by atoms with Gasteiger partial charge in [-0.25, -0.2) is 9.97 Å². The molecule has 0 radical (unpaired) electrons. The van der Waals surface area contributed by atoms with Crippen LogP contribution in [-0.4, -0.2) is 77.5 Å². The number of amides is 1. The van der Waals surface area contributed by atoms with Gasteiger partial charge in [-0.15, -0.1) is 23.1 Å².